The van der Waals surface area contributed by atoms with Crippen LogP contribution >= 0.6 is 23.2 Å². The highest BCUT2D eigenvalue weighted by Gasteiger charge is 2.32. The van der Waals surface area contributed by atoms with Crippen LogP contribution in [0.4, 0.5) is 0 Å². The lowest BCUT2D eigenvalue weighted by Gasteiger charge is -2.32. The molecule has 6 heteroatoms. The van der Waals surface area contributed by atoms with Gasteiger partial charge >= 0.3 is 0 Å². The van der Waals surface area contributed by atoms with E-state index in [0.717, 1.165) is 19.3 Å². The normalized spacial score (nSPS) is 22.1. The monoisotopic (exact) mass is 307 g/mol. The van der Waals surface area contributed by atoms with E-state index in [1.54, 1.807) is 6.07 Å². The first kappa shape index (κ1) is 14.1. The Kier molecular flexibility index (Phi) is 4.22. The second-order valence-electron chi connectivity index (χ2n) is 4.54. The summed E-state index contributed by atoms with van der Waals surface area (Å²) in [6, 6.07) is 4.54. The van der Waals surface area contributed by atoms with Crippen molar-refractivity contribution in [3.05, 3.63) is 28.2 Å². The van der Waals surface area contributed by atoms with Crippen molar-refractivity contribution in [2.75, 3.05) is 6.54 Å². The van der Waals surface area contributed by atoms with E-state index < -0.39 is 10.0 Å². The molecule has 3 nitrogen and oxygen atoms in total. The highest BCUT2D eigenvalue weighted by molar-refractivity contribution is 7.89. The van der Waals surface area contributed by atoms with Crippen LogP contribution in [-0.4, -0.2) is 25.3 Å². The average molecular weight is 308 g/mol. The van der Waals surface area contributed by atoms with E-state index >= 15 is 0 Å². The molecule has 0 saturated carbocycles. The molecule has 1 atom stereocenters. The van der Waals surface area contributed by atoms with E-state index in [4.69, 9.17) is 23.2 Å². The van der Waals surface area contributed by atoms with E-state index in [0.29, 0.717) is 11.6 Å². The maximum atomic E-state index is 12.6. The fraction of sp³-hybridized carbons (Fsp3) is 0.500. The van der Waals surface area contributed by atoms with Gasteiger partial charge < -0.3 is 0 Å². The van der Waals surface area contributed by atoms with Crippen LogP contribution in [0.2, 0.25) is 10.0 Å². The summed E-state index contributed by atoms with van der Waals surface area (Å²) in [4.78, 5) is 0.102. The number of benzene rings is 1. The van der Waals surface area contributed by atoms with Gasteiger partial charge in [-0.2, -0.15) is 4.31 Å². The molecule has 0 bridgehead atoms. The van der Waals surface area contributed by atoms with E-state index in [2.05, 4.69) is 0 Å². The molecule has 100 valence electrons. The van der Waals surface area contributed by atoms with Crippen molar-refractivity contribution in [1.82, 2.24) is 4.31 Å². The molecule has 0 aliphatic carbocycles. The molecular weight excluding hydrogens is 293 g/mol. The zero-order valence-electron chi connectivity index (χ0n) is 10.1. The second-order valence-corrected chi connectivity index (χ2v) is 7.24. The molecule has 1 heterocycles. The van der Waals surface area contributed by atoms with Crippen molar-refractivity contribution in [1.29, 1.82) is 0 Å². The number of nitrogens with zero attached hydrogens (tertiary/aromatic N) is 1. The van der Waals surface area contributed by atoms with Gasteiger partial charge in [-0.3, -0.25) is 0 Å². The molecule has 1 aliphatic rings. The zero-order chi connectivity index (χ0) is 13.3. The first-order valence-corrected chi connectivity index (χ1v) is 8.09. The smallest absolute Gasteiger partial charge is 0.207 e. The highest BCUT2D eigenvalue weighted by atomic mass is 35.5. The molecule has 0 spiro atoms. The fourth-order valence-electron chi connectivity index (χ4n) is 2.23. The van der Waals surface area contributed by atoms with E-state index in [1.165, 1.54) is 16.4 Å². The van der Waals surface area contributed by atoms with Crippen LogP contribution < -0.4 is 0 Å². The van der Waals surface area contributed by atoms with Crippen molar-refractivity contribution in [3.63, 3.8) is 0 Å². The van der Waals surface area contributed by atoms with Crippen LogP contribution in [-0.2, 0) is 10.0 Å². The lowest BCUT2D eigenvalue weighted by molar-refractivity contribution is 0.268. The van der Waals surface area contributed by atoms with Gasteiger partial charge in [0.1, 0.15) is 4.90 Å². The molecule has 18 heavy (non-hydrogen) atoms. The Bertz CT molecular complexity index is 545. The molecule has 0 N–H and O–H groups in total. The molecular formula is C12H15Cl2NO2S. The Balaban J connectivity index is 2.44. The SMILES string of the molecule is C[C@@H]1CCCCN1S(=O)(=O)c1cc(Cl)ccc1Cl. The van der Waals surface area contributed by atoms with E-state index in [1.807, 2.05) is 6.92 Å². The summed E-state index contributed by atoms with van der Waals surface area (Å²) >= 11 is 11.8. The first-order chi connectivity index (χ1) is 8.43. The van der Waals surface area contributed by atoms with Crippen LogP contribution in [0, 0.1) is 0 Å². The van der Waals surface area contributed by atoms with Gasteiger partial charge in [-0.25, -0.2) is 8.42 Å². The van der Waals surface area contributed by atoms with E-state index in [9.17, 15) is 8.42 Å². The quantitative estimate of drug-likeness (QED) is 0.838. The van der Waals surface area contributed by atoms with Crippen LogP contribution in [0.1, 0.15) is 26.2 Å². The number of rotatable bonds is 2. The number of hydrogen-bond donors (Lipinski definition) is 0. The number of halogens is 2. The largest absolute Gasteiger partial charge is 0.244 e. The minimum absolute atomic E-state index is 0.0128. The summed E-state index contributed by atoms with van der Waals surface area (Å²) in [5.74, 6) is 0. The van der Waals surface area contributed by atoms with Gasteiger partial charge in [0.25, 0.3) is 0 Å². The minimum Gasteiger partial charge on any atom is -0.207 e. The van der Waals surface area contributed by atoms with Crippen LogP contribution in [0.5, 0.6) is 0 Å². The minimum atomic E-state index is -3.55. The Hall–Kier alpha value is -0.290. The third kappa shape index (κ3) is 2.67. The van der Waals surface area contributed by atoms with Crippen molar-refractivity contribution >= 4 is 33.2 Å². The molecule has 0 amide bonds. The van der Waals surface area contributed by atoms with Gasteiger partial charge in [-0.15, -0.1) is 0 Å². The molecule has 1 aromatic rings. The molecule has 1 saturated heterocycles. The maximum absolute atomic E-state index is 12.6. The summed E-state index contributed by atoms with van der Waals surface area (Å²) in [6.07, 6.45) is 2.84. The number of hydrogen-bond acceptors (Lipinski definition) is 2. The van der Waals surface area contributed by atoms with Crippen LogP contribution in [0.25, 0.3) is 0 Å². The van der Waals surface area contributed by atoms with Crippen LogP contribution in [0.15, 0.2) is 23.1 Å². The Labute approximate surface area is 118 Å². The number of piperidine rings is 1. The summed E-state index contributed by atoms with van der Waals surface area (Å²) in [5.41, 5.74) is 0. The number of sulfonamides is 1. The fourth-order valence-corrected chi connectivity index (χ4v) is 4.67. The van der Waals surface area contributed by atoms with Crippen molar-refractivity contribution in [2.24, 2.45) is 0 Å². The van der Waals surface area contributed by atoms with Gasteiger partial charge in [-0.1, -0.05) is 29.6 Å². The van der Waals surface area contributed by atoms with Gasteiger partial charge in [0.2, 0.25) is 10.0 Å². The molecule has 0 unspecified atom stereocenters. The predicted octanol–water partition coefficient (Wildman–Crippen LogP) is 3.56. The molecule has 1 aromatic carbocycles. The van der Waals surface area contributed by atoms with Crippen molar-refractivity contribution < 1.29 is 8.42 Å². The maximum Gasteiger partial charge on any atom is 0.244 e. The van der Waals surface area contributed by atoms with Crippen molar-refractivity contribution in [2.45, 2.75) is 37.1 Å². The molecule has 1 fully saturated rings. The Morgan fingerprint density at radius 3 is 2.67 bits per heavy atom. The summed E-state index contributed by atoms with van der Waals surface area (Å²) < 4.78 is 26.6. The molecule has 1 aliphatic heterocycles. The second kappa shape index (κ2) is 5.37. The Morgan fingerprint density at radius 2 is 2.00 bits per heavy atom. The molecule has 0 radical (unpaired) electrons. The highest BCUT2D eigenvalue weighted by Crippen LogP contribution is 2.31. The molecule has 2 rings (SSSR count). The van der Waals surface area contributed by atoms with Gasteiger partial charge in [0.05, 0.1) is 5.02 Å². The lowest BCUT2D eigenvalue weighted by atomic mass is 10.1. The van der Waals surface area contributed by atoms with Gasteiger partial charge in [0.15, 0.2) is 0 Å². The Morgan fingerprint density at radius 1 is 1.28 bits per heavy atom. The molecule has 0 aromatic heterocycles. The summed E-state index contributed by atoms with van der Waals surface area (Å²) in [7, 11) is -3.55. The summed E-state index contributed by atoms with van der Waals surface area (Å²) in [6.45, 7) is 2.47. The standard InChI is InChI=1S/C12H15Cl2NO2S/c1-9-4-2-3-7-15(9)18(16,17)12-8-10(13)5-6-11(12)14/h5-6,8-9H,2-4,7H2,1H3/t9-/m1/s1. The zero-order valence-corrected chi connectivity index (χ0v) is 12.4. The topological polar surface area (TPSA) is 37.4 Å². The van der Waals surface area contributed by atoms with E-state index in [-0.39, 0.29) is 16.0 Å². The average Bonchev–Trinajstić information content (AvgIpc) is 2.32. The van der Waals surface area contributed by atoms with Gasteiger partial charge in [-0.05, 0) is 38.0 Å². The lowest BCUT2D eigenvalue weighted by Crippen LogP contribution is -2.42. The predicted molar refractivity (Wildman–Crippen MR) is 73.7 cm³/mol. The van der Waals surface area contributed by atoms with Crippen LogP contribution in [0.3, 0.4) is 0 Å². The first-order valence-electron chi connectivity index (χ1n) is 5.90. The third-order valence-corrected chi connectivity index (χ3v) is 5.95. The van der Waals surface area contributed by atoms with Gasteiger partial charge in [0, 0.05) is 17.6 Å². The summed E-state index contributed by atoms with van der Waals surface area (Å²) in [5, 5.41) is 0.597. The van der Waals surface area contributed by atoms with Crippen molar-refractivity contribution in [3.8, 4) is 0 Å². The third-order valence-electron chi connectivity index (χ3n) is 3.22.